The zero-order valence-corrected chi connectivity index (χ0v) is 16.9. The summed E-state index contributed by atoms with van der Waals surface area (Å²) < 4.78 is 36.6. The van der Waals surface area contributed by atoms with Gasteiger partial charge in [0.15, 0.2) is 6.10 Å². The van der Waals surface area contributed by atoms with Gasteiger partial charge in [0.05, 0.1) is 31.6 Å². The average Bonchev–Trinajstić information content (AvgIpc) is 2.70. The van der Waals surface area contributed by atoms with E-state index in [1.807, 2.05) is 31.2 Å². The molecule has 150 valence electrons. The number of para-hydroxylation sites is 2. The highest BCUT2D eigenvalue weighted by Gasteiger charge is 2.35. The maximum absolute atomic E-state index is 12.9. The summed E-state index contributed by atoms with van der Waals surface area (Å²) in [5.41, 5.74) is 1.38. The highest BCUT2D eigenvalue weighted by atomic mass is 32.2. The van der Waals surface area contributed by atoms with E-state index < -0.39 is 16.1 Å². The highest BCUT2D eigenvalue weighted by molar-refractivity contribution is 7.92. The Bertz CT molecular complexity index is 943. The molecule has 7 nitrogen and oxygen atoms in total. The van der Waals surface area contributed by atoms with Gasteiger partial charge >= 0.3 is 0 Å². The number of hydrogen-bond donors (Lipinski definition) is 1. The highest BCUT2D eigenvalue weighted by Crippen LogP contribution is 2.34. The van der Waals surface area contributed by atoms with E-state index in [1.165, 1.54) is 4.31 Å². The van der Waals surface area contributed by atoms with Crippen LogP contribution in [0.5, 0.6) is 11.5 Å². The normalized spacial score (nSPS) is 17.2. The van der Waals surface area contributed by atoms with Gasteiger partial charge in [0, 0.05) is 0 Å². The van der Waals surface area contributed by atoms with Crippen molar-refractivity contribution in [2.75, 3.05) is 24.2 Å². The lowest BCUT2D eigenvalue weighted by Crippen LogP contribution is -2.51. The molecule has 0 radical (unpaired) electrons. The van der Waals surface area contributed by atoms with Crippen molar-refractivity contribution >= 4 is 21.6 Å². The summed E-state index contributed by atoms with van der Waals surface area (Å²) in [5, 5.41) is 2.97. The summed E-state index contributed by atoms with van der Waals surface area (Å²) >= 11 is 0. The largest absolute Gasteiger partial charge is 0.497 e. The second kappa shape index (κ2) is 8.10. The van der Waals surface area contributed by atoms with E-state index in [4.69, 9.17) is 9.47 Å². The van der Waals surface area contributed by atoms with Crippen LogP contribution in [0, 0.1) is 0 Å². The number of nitrogens with zero attached hydrogens (tertiary/aromatic N) is 1. The minimum atomic E-state index is -3.54. The van der Waals surface area contributed by atoms with Crippen molar-refractivity contribution in [1.29, 1.82) is 0 Å². The van der Waals surface area contributed by atoms with Gasteiger partial charge in [0.25, 0.3) is 5.91 Å². The minimum Gasteiger partial charge on any atom is -0.497 e. The van der Waals surface area contributed by atoms with Gasteiger partial charge in [-0.3, -0.25) is 9.10 Å². The van der Waals surface area contributed by atoms with Crippen molar-refractivity contribution < 1.29 is 22.7 Å². The molecule has 28 heavy (non-hydrogen) atoms. The molecular weight excluding hydrogens is 380 g/mol. The van der Waals surface area contributed by atoms with Crippen LogP contribution in [-0.2, 0) is 14.8 Å². The Balaban J connectivity index is 1.79. The first-order valence-electron chi connectivity index (χ1n) is 9.01. The van der Waals surface area contributed by atoms with Crippen molar-refractivity contribution in [3.05, 3.63) is 54.1 Å². The zero-order chi connectivity index (χ0) is 20.3. The predicted molar refractivity (Wildman–Crippen MR) is 107 cm³/mol. The van der Waals surface area contributed by atoms with Crippen LogP contribution in [0.25, 0.3) is 0 Å². The Morgan fingerprint density at radius 1 is 1.25 bits per heavy atom. The topological polar surface area (TPSA) is 84.9 Å². The number of nitrogens with one attached hydrogen (secondary N) is 1. The summed E-state index contributed by atoms with van der Waals surface area (Å²) in [5.74, 6) is 0.753. The Morgan fingerprint density at radius 3 is 2.54 bits per heavy atom. The van der Waals surface area contributed by atoms with Gasteiger partial charge < -0.3 is 14.8 Å². The van der Waals surface area contributed by atoms with Crippen LogP contribution in [-0.4, -0.2) is 40.3 Å². The Labute approximate surface area is 165 Å². The molecule has 8 heteroatoms. The van der Waals surface area contributed by atoms with Crippen molar-refractivity contribution in [2.45, 2.75) is 25.5 Å². The van der Waals surface area contributed by atoms with Crippen LogP contribution in [0.15, 0.2) is 48.5 Å². The molecule has 0 aromatic heterocycles. The third-order valence-corrected chi connectivity index (χ3v) is 5.82. The van der Waals surface area contributed by atoms with Gasteiger partial charge in [0.1, 0.15) is 11.5 Å². The molecule has 1 aliphatic rings. The number of carbonyl (C=O) groups is 1. The number of fused-ring (bicyclic) bond motifs is 1. The minimum absolute atomic E-state index is 0.0687. The summed E-state index contributed by atoms with van der Waals surface area (Å²) in [6, 6.07) is 14.0. The van der Waals surface area contributed by atoms with E-state index in [2.05, 4.69) is 5.32 Å². The molecule has 1 heterocycles. The first-order valence-corrected chi connectivity index (χ1v) is 10.9. The van der Waals surface area contributed by atoms with Crippen LogP contribution < -0.4 is 19.1 Å². The molecule has 1 amide bonds. The van der Waals surface area contributed by atoms with Gasteiger partial charge in [-0.2, -0.15) is 0 Å². The number of hydrogen-bond acceptors (Lipinski definition) is 5. The molecule has 1 aliphatic heterocycles. The quantitative estimate of drug-likeness (QED) is 0.800. The molecule has 0 saturated carbocycles. The monoisotopic (exact) mass is 404 g/mol. The Hall–Kier alpha value is -2.74. The summed E-state index contributed by atoms with van der Waals surface area (Å²) in [4.78, 5) is 12.9. The molecule has 0 saturated heterocycles. The smallest absolute Gasteiger partial charge is 0.263 e. The summed E-state index contributed by atoms with van der Waals surface area (Å²) in [7, 11) is -1.94. The number of benzene rings is 2. The molecule has 0 spiro atoms. The summed E-state index contributed by atoms with van der Waals surface area (Å²) in [6.45, 7) is 1.90. The van der Waals surface area contributed by atoms with Crippen molar-refractivity contribution in [1.82, 2.24) is 5.32 Å². The van der Waals surface area contributed by atoms with E-state index in [9.17, 15) is 13.2 Å². The lowest BCUT2D eigenvalue weighted by atomic mass is 10.0. The number of amides is 1. The van der Waals surface area contributed by atoms with Crippen LogP contribution >= 0.6 is 0 Å². The van der Waals surface area contributed by atoms with Crippen molar-refractivity contribution in [2.24, 2.45) is 0 Å². The van der Waals surface area contributed by atoms with E-state index in [1.54, 1.807) is 31.4 Å². The Morgan fingerprint density at radius 2 is 1.93 bits per heavy atom. The second-order valence-corrected chi connectivity index (χ2v) is 8.52. The molecule has 1 N–H and O–H groups in total. The lowest BCUT2D eigenvalue weighted by molar-refractivity contribution is -0.128. The maximum Gasteiger partial charge on any atom is 0.263 e. The number of ether oxygens (including phenoxy) is 2. The van der Waals surface area contributed by atoms with Crippen molar-refractivity contribution in [3.63, 3.8) is 0 Å². The Kier molecular flexibility index (Phi) is 5.79. The molecule has 2 aromatic carbocycles. The fourth-order valence-corrected chi connectivity index (χ4v) is 4.09. The zero-order valence-electron chi connectivity index (χ0n) is 16.1. The third-order valence-electron chi connectivity index (χ3n) is 4.67. The average molecular weight is 404 g/mol. The van der Waals surface area contributed by atoms with Crippen LogP contribution in [0.2, 0.25) is 0 Å². The number of sulfonamides is 1. The molecule has 0 aliphatic carbocycles. The van der Waals surface area contributed by atoms with Gasteiger partial charge in [-0.25, -0.2) is 8.42 Å². The van der Waals surface area contributed by atoms with Gasteiger partial charge in [-0.1, -0.05) is 31.2 Å². The summed E-state index contributed by atoms with van der Waals surface area (Å²) in [6.07, 6.45) is 0.866. The molecular formula is C20H24N2O5S. The molecule has 0 bridgehead atoms. The van der Waals surface area contributed by atoms with Gasteiger partial charge in [0.2, 0.25) is 10.0 Å². The second-order valence-electron chi connectivity index (χ2n) is 6.61. The molecule has 0 fully saturated rings. The van der Waals surface area contributed by atoms with E-state index in [-0.39, 0.29) is 18.5 Å². The number of anilines is 1. The van der Waals surface area contributed by atoms with Crippen molar-refractivity contribution in [3.8, 4) is 11.5 Å². The maximum atomic E-state index is 12.9. The SMILES string of the molecule is CC[C@H](NC(=O)[C@H]1CN(S(C)(=O)=O)c2ccccc2O1)c1ccc(OC)cc1. The first-order chi connectivity index (χ1) is 13.3. The van der Waals surface area contributed by atoms with E-state index >= 15 is 0 Å². The molecule has 2 aromatic rings. The molecule has 2 atom stereocenters. The van der Waals surface area contributed by atoms with E-state index in [0.29, 0.717) is 17.9 Å². The number of methoxy groups -OCH3 is 1. The third kappa shape index (κ3) is 4.22. The fraction of sp³-hybridized carbons (Fsp3) is 0.350. The van der Waals surface area contributed by atoms with E-state index in [0.717, 1.165) is 17.6 Å². The standard InChI is InChI=1S/C20H24N2O5S/c1-4-16(14-9-11-15(26-2)12-10-14)21-20(23)19-13-22(28(3,24)25)17-7-5-6-8-18(17)27-19/h5-12,16,19H,4,13H2,1-3H3,(H,21,23)/t16-,19+/m0/s1. The van der Waals surface area contributed by atoms with Gasteiger partial charge in [-0.15, -0.1) is 0 Å². The van der Waals surface area contributed by atoms with Crippen LogP contribution in [0.1, 0.15) is 24.9 Å². The first kappa shape index (κ1) is 20.0. The molecule has 3 rings (SSSR count). The molecule has 0 unspecified atom stereocenters. The lowest BCUT2D eigenvalue weighted by Gasteiger charge is -2.34. The van der Waals surface area contributed by atoms with Crippen LogP contribution in [0.3, 0.4) is 0 Å². The fourth-order valence-electron chi connectivity index (χ4n) is 3.17. The number of rotatable bonds is 6. The number of carbonyl (C=O) groups excluding carboxylic acids is 1. The predicted octanol–water partition coefficient (Wildman–Crippen LogP) is 2.49. The van der Waals surface area contributed by atoms with Gasteiger partial charge in [-0.05, 0) is 36.2 Å². The van der Waals surface area contributed by atoms with Crippen LogP contribution in [0.4, 0.5) is 5.69 Å².